The molecular formula is C21H34O5. The molecule has 0 aromatic rings. The maximum atomic E-state index is 11.8. The van der Waals surface area contributed by atoms with Gasteiger partial charge >= 0.3 is 11.9 Å². The zero-order valence-corrected chi connectivity index (χ0v) is 16.4. The van der Waals surface area contributed by atoms with Crippen LogP contribution in [0, 0.1) is 35.0 Å². The summed E-state index contributed by atoms with van der Waals surface area (Å²) < 4.78 is 10.6. The lowest BCUT2D eigenvalue weighted by atomic mass is 9.51. The summed E-state index contributed by atoms with van der Waals surface area (Å²) in [4.78, 5) is 23.4. The summed E-state index contributed by atoms with van der Waals surface area (Å²) in [6.07, 6.45) is 7.76. The first-order valence-electron chi connectivity index (χ1n) is 10.3. The molecule has 7 atom stereocenters. The Balaban J connectivity index is 1.76. The molecule has 5 heteroatoms. The van der Waals surface area contributed by atoms with Crippen LogP contribution in [0.25, 0.3) is 0 Å². The van der Waals surface area contributed by atoms with Crippen molar-refractivity contribution < 1.29 is 24.2 Å². The van der Waals surface area contributed by atoms with Gasteiger partial charge in [0, 0.05) is 25.4 Å². The minimum Gasteiger partial charge on any atom is -0.469 e. The van der Waals surface area contributed by atoms with Crippen LogP contribution in [0.2, 0.25) is 0 Å². The highest BCUT2D eigenvalue weighted by Crippen LogP contribution is 2.62. The van der Waals surface area contributed by atoms with E-state index >= 15 is 0 Å². The van der Waals surface area contributed by atoms with Gasteiger partial charge < -0.3 is 14.6 Å². The number of carbonyl (C=O) groups is 2. The molecule has 1 N–H and O–H groups in total. The maximum absolute atomic E-state index is 11.8. The lowest BCUT2D eigenvalue weighted by molar-refractivity contribution is -0.157. The first kappa shape index (κ1) is 19.7. The Morgan fingerprint density at radius 1 is 1.12 bits per heavy atom. The van der Waals surface area contributed by atoms with Crippen molar-refractivity contribution in [1.82, 2.24) is 0 Å². The average Bonchev–Trinajstić information content (AvgIpc) is 2.93. The van der Waals surface area contributed by atoms with Crippen LogP contribution >= 0.6 is 0 Å². The second-order valence-electron chi connectivity index (χ2n) is 8.95. The van der Waals surface area contributed by atoms with Crippen LogP contribution in [0.5, 0.6) is 0 Å². The molecule has 0 aromatic carbocycles. The molecule has 0 amide bonds. The second-order valence-corrected chi connectivity index (χ2v) is 8.95. The van der Waals surface area contributed by atoms with Crippen LogP contribution in [-0.2, 0) is 19.1 Å². The van der Waals surface area contributed by atoms with Crippen LogP contribution in [-0.4, -0.2) is 36.9 Å². The van der Waals surface area contributed by atoms with E-state index in [9.17, 15) is 14.7 Å². The smallest absolute Gasteiger partial charge is 0.305 e. The highest BCUT2D eigenvalue weighted by molar-refractivity contribution is 5.69. The maximum Gasteiger partial charge on any atom is 0.305 e. The lowest BCUT2D eigenvalue weighted by Gasteiger charge is -2.54. The van der Waals surface area contributed by atoms with Gasteiger partial charge in [0.25, 0.3) is 0 Å². The van der Waals surface area contributed by atoms with Crippen LogP contribution in [0.1, 0.15) is 65.2 Å². The molecule has 26 heavy (non-hydrogen) atoms. The zero-order valence-electron chi connectivity index (χ0n) is 16.4. The summed E-state index contributed by atoms with van der Waals surface area (Å²) in [7, 11) is 1.45. The summed E-state index contributed by atoms with van der Waals surface area (Å²) in [5, 5.41) is 9.62. The third-order valence-electron chi connectivity index (χ3n) is 7.86. The molecule has 5 nitrogen and oxygen atoms in total. The van der Waals surface area contributed by atoms with E-state index in [1.165, 1.54) is 14.0 Å². The van der Waals surface area contributed by atoms with Gasteiger partial charge in [0.1, 0.15) is 6.10 Å². The van der Waals surface area contributed by atoms with Crippen LogP contribution in [0.15, 0.2) is 0 Å². The lowest BCUT2D eigenvalue weighted by Crippen LogP contribution is -2.49. The highest BCUT2D eigenvalue weighted by Gasteiger charge is 2.57. The largest absolute Gasteiger partial charge is 0.469 e. The summed E-state index contributed by atoms with van der Waals surface area (Å²) >= 11 is 0. The fourth-order valence-electron chi connectivity index (χ4n) is 6.73. The molecule has 0 bridgehead atoms. The van der Waals surface area contributed by atoms with Crippen LogP contribution in [0.3, 0.4) is 0 Å². The Kier molecular flexibility index (Phi) is 5.95. The Labute approximate surface area is 156 Å². The molecule has 148 valence electrons. The van der Waals surface area contributed by atoms with Gasteiger partial charge in [-0.3, -0.25) is 9.59 Å². The second kappa shape index (κ2) is 7.87. The molecule has 0 aromatic heterocycles. The minimum absolute atomic E-state index is 0.0510. The van der Waals surface area contributed by atoms with Crippen molar-refractivity contribution in [2.45, 2.75) is 71.3 Å². The van der Waals surface area contributed by atoms with E-state index in [1.807, 2.05) is 0 Å². The van der Waals surface area contributed by atoms with E-state index in [2.05, 4.69) is 6.92 Å². The number of aliphatic hydroxyl groups excluding tert-OH is 1. The van der Waals surface area contributed by atoms with Gasteiger partial charge in [0.05, 0.1) is 7.11 Å². The molecule has 0 spiro atoms. The normalized spacial score (nSPS) is 41.8. The fraction of sp³-hybridized carbons (Fsp3) is 0.905. The minimum atomic E-state index is -0.168. The molecule has 3 aliphatic rings. The van der Waals surface area contributed by atoms with Gasteiger partial charge in [-0.05, 0) is 74.5 Å². The van der Waals surface area contributed by atoms with Crippen molar-refractivity contribution in [3.63, 3.8) is 0 Å². The van der Waals surface area contributed by atoms with Gasteiger partial charge in [-0.2, -0.15) is 0 Å². The van der Waals surface area contributed by atoms with Crippen molar-refractivity contribution in [2.75, 3.05) is 13.7 Å². The number of methoxy groups -OCH3 is 1. The molecule has 0 heterocycles. The summed E-state index contributed by atoms with van der Waals surface area (Å²) in [6.45, 7) is 4.01. The van der Waals surface area contributed by atoms with E-state index in [-0.39, 0.29) is 30.1 Å². The standard InChI is InChI=1S/C21H34O5/c1-13(23)26-19-7-6-18-17-5-4-14(12-20(24)25-3)15(9-11-22)16(17)8-10-21(18,19)2/h14-19,22H,4-12H2,1-3H3/t14-,15-,16+,17+,18-,19-,21-/m0/s1. The van der Waals surface area contributed by atoms with E-state index in [0.717, 1.165) is 44.9 Å². The van der Waals surface area contributed by atoms with E-state index in [0.29, 0.717) is 36.0 Å². The number of aliphatic hydroxyl groups is 1. The SMILES string of the molecule is COC(=O)C[C@@H]1CC[C@@H]2[C@H](CC[C@]3(C)[C@@H](OC(C)=O)CC[C@@H]23)[C@H]1CCO. The van der Waals surface area contributed by atoms with Crippen molar-refractivity contribution in [3.05, 3.63) is 0 Å². The molecule has 0 unspecified atom stereocenters. The molecule has 3 fully saturated rings. The summed E-state index contributed by atoms with van der Waals surface area (Å²) in [6, 6.07) is 0. The van der Waals surface area contributed by atoms with Gasteiger partial charge in [-0.25, -0.2) is 0 Å². The van der Waals surface area contributed by atoms with Crippen molar-refractivity contribution in [1.29, 1.82) is 0 Å². The molecule has 3 rings (SSSR count). The molecule has 3 aliphatic carbocycles. The van der Waals surface area contributed by atoms with Gasteiger partial charge in [-0.15, -0.1) is 0 Å². The van der Waals surface area contributed by atoms with Gasteiger partial charge in [-0.1, -0.05) is 6.92 Å². The number of ether oxygens (including phenoxy) is 2. The quantitative estimate of drug-likeness (QED) is 0.756. The molecule has 0 aliphatic heterocycles. The number of hydrogen-bond acceptors (Lipinski definition) is 5. The Hall–Kier alpha value is -1.10. The van der Waals surface area contributed by atoms with Crippen molar-refractivity contribution >= 4 is 11.9 Å². The van der Waals surface area contributed by atoms with Crippen LogP contribution < -0.4 is 0 Å². The highest BCUT2D eigenvalue weighted by atomic mass is 16.5. The Morgan fingerprint density at radius 3 is 2.54 bits per heavy atom. The van der Waals surface area contributed by atoms with Crippen LogP contribution in [0.4, 0.5) is 0 Å². The Morgan fingerprint density at radius 2 is 1.88 bits per heavy atom. The number of fused-ring (bicyclic) bond motifs is 3. The van der Waals surface area contributed by atoms with E-state index in [1.54, 1.807) is 0 Å². The van der Waals surface area contributed by atoms with E-state index in [4.69, 9.17) is 9.47 Å². The van der Waals surface area contributed by atoms with Gasteiger partial charge in [0.15, 0.2) is 0 Å². The summed E-state index contributed by atoms with van der Waals surface area (Å²) in [5.74, 6) is 2.21. The van der Waals surface area contributed by atoms with E-state index < -0.39 is 0 Å². The predicted octanol–water partition coefficient (Wildman–Crippen LogP) is 3.33. The van der Waals surface area contributed by atoms with Crippen molar-refractivity contribution in [2.24, 2.45) is 35.0 Å². The number of carbonyl (C=O) groups excluding carboxylic acids is 2. The molecule has 0 saturated heterocycles. The number of esters is 2. The molecular weight excluding hydrogens is 332 g/mol. The monoisotopic (exact) mass is 366 g/mol. The first-order valence-corrected chi connectivity index (χ1v) is 10.3. The van der Waals surface area contributed by atoms with Gasteiger partial charge in [0.2, 0.25) is 0 Å². The zero-order chi connectivity index (χ0) is 18.9. The van der Waals surface area contributed by atoms with Crippen molar-refractivity contribution in [3.8, 4) is 0 Å². The third kappa shape index (κ3) is 3.51. The topological polar surface area (TPSA) is 72.8 Å². The predicted molar refractivity (Wildman–Crippen MR) is 97.1 cm³/mol. The third-order valence-corrected chi connectivity index (χ3v) is 7.86. The molecule has 3 saturated carbocycles. The average molecular weight is 366 g/mol. The fourth-order valence-corrected chi connectivity index (χ4v) is 6.73. The number of hydrogen-bond donors (Lipinski definition) is 1. The Bertz CT molecular complexity index is 532. The first-order chi connectivity index (χ1) is 12.4. The molecule has 0 radical (unpaired) electrons. The number of rotatable bonds is 5. The summed E-state index contributed by atoms with van der Waals surface area (Å²) in [5.41, 5.74) is 0.0891.